The van der Waals surface area contributed by atoms with Crippen LogP contribution in [0.15, 0.2) is 22.7 Å². The molecular weight excluding hydrogens is 270 g/mol. The Morgan fingerprint density at radius 3 is 2.85 bits per heavy atom. The summed E-state index contributed by atoms with van der Waals surface area (Å²) in [5.41, 5.74) is 6.86. The fraction of sp³-hybridized carbons (Fsp3) is 0.111. The summed E-state index contributed by atoms with van der Waals surface area (Å²) in [6, 6.07) is 6.06. The second-order valence-electron chi connectivity index (χ2n) is 2.77. The summed E-state index contributed by atoms with van der Waals surface area (Å²) >= 11 is 10.9. The van der Waals surface area contributed by atoms with E-state index < -0.39 is 0 Å². The highest BCUT2D eigenvalue weighted by molar-refractivity contribution is 9.10. The lowest BCUT2D eigenvalue weighted by atomic mass is 10.2. The zero-order valence-corrected chi connectivity index (χ0v) is 9.84. The molecule has 2 rings (SSSR count). The van der Waals surface area contributed by atoms with Crippen LogP contribution in [0.4, 0.5) is 5.00 Å². The van der Waals surface area contributed by atoms with Crippen molar-refractivity contribution in [1.29, 1.82) is 0 Å². The van der Waals surface area contributed by atoms with Crippen LogP contribution in [0.3, 0.4) is 0 Å². The Labute approximate surface area is 93.6 Å². The van der Waals surface area contributed by atoms with Gasteiger partial charge in [0.1, 0.15) is 0 Å². The molecule has 2 aromatic rings. The first kappa shape index (κ1) is 9.31. The number of halogens is 2. The average Bonchev–Trinajstić information content (AvgIpc) is 2.43. The van der Waals surface area contributed by atoms with Crippen LogP contribution in [0.5, 0.6) is 0 Å². The van der Waals surface area contributed by atoms with E-state index in [1.54, 1.807) is 11.3 Å². The third-order valence-corrected chi connectivity index (χ3v) is 3.62. The van der Waals surface area contributed by atoms with Gasteiger partial charge in [-0.3, -0.25) is 0 Å². The number of anilines is 1. The molecule has 1 nitrogen and oxygen atoms in total. The lowest BCUT2D eigenvalue weighted by Crippen LogP contribution is -1.77. The first-order chi connectivity index (χ1) is 6.20. The van der Waals surface area contributed by atoms with Crippen molar-refractivity contribution in [2.24, 2.45) is 0 Å². The number of benzene rings is 1. The molecule has 0 saturated carbocycles. The van der Waals surface area contributed by atoms with Gasteiger partial charge in [0.2, 0.25) is 0 Å². The van der Waals surface area contributed by atoms with E-state index in [-0.39, 0.29) is 0 Å². The van der Waals surface area contributed by atoms with Gasteiger partial charge in [-0.15, -0.1) is 22.9 Å². The van der Waals surface area contributed by atoms with E-state index in [2.05, 4.69) is 22.0 Å². The number of rotatable bonds is 1. The fourth-order valence-electron chi connectivity index (χ4n) is 1.30. The molecule has 1 aromatic heterocycles. The van der Waals surface area contributed by atoms with Gasteiger partial charge in [0, 0.05) is 15.1 Å². The molecule has 4 heteroatoms. The summed E-state index contributed by atoms with van der Waals surface area (Å²) in [4.78, 5) is 0. The van der Waals surface area contributed by atoms with E-state index >= 15 is 0 Å². The number of alkyl halides is 1. The number of fused-ring (bicyclic) bond motifs is 1. The summed E-state index contributed by atoms with van der Waals surface area (Å²) in [7, 11) is 0. The molecule has 0 fully saturated rings. The number of hydrogen-bond acceptors (Lipinski definition) is 2. The summed E-state index contributed by atoms with van der Waals surface area (Å²) in [5, 5.41) is 1.99. The molecule has 0 aliphatic rings. The highest BCUT2D eigenvalue weighted by atomic mass is 79.9. The van der Waals surface area contributed by atoms with Crippen LogP contribution in [-0.4, -0.2) is 0 Å². The van der Waals surface area contributed by atoms with Crippen molar-refractivity contribution in [2.45, 2.75) is 5.88 Å². The second kappa shape index (κ2) is 3.48. The maximum Gasteiger partial charge on any atom is 0.0868 e. The van der Waals surface area contributed by atoms with Gasteiger partial charge < -0.3 is 5.73 Å². The van der Waals surface area contributed by atoms with E-state index in [1.165, 1.54) is 4.70 Å². The molecule has 0 atom stereocenters. The van der Waals surface area contributed by atoms with Crippen LogP contribution in [-0.2, 0) is 5.88 Å². The number of thiophene rings is 1. The van der Waals surface area contributed by atoms with E-state index in [0.29, 0.717) is 5.88 Å². The minimum absolute atomic E-state index is 0.524. The lowest BCUT2D eigenvalue weighted by molar-refractivity contribution is 1.46. The Morgan fingerprint density at radius 1 is 1.38 bits per heavy atom. The SMILES string of the molecule is Nc1cc2cc(Br)cc(CCl)c2s1. The first-order valence-electron chi connectivity index (χ1n) is 3.74. The van der Waals surface area contributed by atoms with Gasteiger partial charge in [-0.05, 0) is 29.1 Å². The Hall–Kier alpha value is -0.250. The third kappa shape index (κ3) is 1.68. The predicted molar refractivity (Wildman–Crippen MR) is 63.5 cm³/mol. The normalized spacial score (nSPS) is 10.9. The number of nitrogen functional groups attached to an aromatic ring is 1. The molecule has 1 heterocycles. The smallest absolute Gasteiger partial charge is 0.0868 e. The molecule has 2 N–H and O–H groups in total. The molecule has 0 spiro atoms. The molecule has 0 saturated heterocycles. The van der Waals surface area contributed by atoms with Gasteiger partial charge in [0.15, 0.2) is 0 Å². The van der Waals surface area contributed by atoms with Crippen molar-refractivity contribution in [2.75, 3.05) is 5.73 Å². The van der Waals surface area contributed by atoms with Crippen LogP contribution in [0.25, 0.3) is 10.1 Å². The molecule has 0 amide bonds. The summed E-state index contributed by atoms with van der Waals surface area (Å²) in [5.74, 6) is 0.524. The topological polar surface area (TPSA) is 26.0 Å². The summed E-state index contributed by atoms with van der Waals surface area (Å²) < 4.78 is 2.24. The lowest BCUT2D eigenvalue weighted by Gasteiger charge is -1.98. The van der Waals surface area contributed by atoms with Crippen LogP contribution >= 0.6 is 38.9 Å². The summed E-state index contributed by atoms with van der Waals surface area (Å²) in [6.45, 7) is 0. The maximum atomic E-state index is 5.83. The Balaban J connectivity index is 2.80. The second-order valence-corrected chi connectivity index (χ2v) is 5.03. The molecule has 0 unspecified atom stereocenters. The maximum absolute atomic E-state index is 5.83. The monoisotopic (exact) mass is 275 g/mol. The molecular formula is C9H7BrClNS. The van der Waals surface area contributed by atoms with Crippen molar-refractivity contribution < 1.29 is 0 Å². The minimum atomic E-state index is 0.524. The number of hydrogen-bond donors (Lipinski definition) is 1. The van der Waals surface area contributed by atoms with Gasteiger partial charge in [-0.25, -0.2) is 0 Å². The van der Waals surface area contributed by atoms with Crippen molar-refractivity contribution in [3.05, 3.63) is 28.2 Å². The van der Waals surface area contributed by atoms with Crippen LogP contribution in [0.1, 0.15) is 5.56 Å². The van der Waals surface area contributed by atoms with Gasteiger partial charge in [-0.1, -0.05) is 15.9 Å². The van der Waals surface area contributed by atoms with Crippen LogP contribution in [0.2, 0.25) is 0 Å². The number of nitrogens with two attached hydrogens (primary N) is 1. The molecule has 0 aliphatic heterocycles. The Kier molecular flexibility index (Phi) is 2.49. The van der Waals surface area contributed by atoms with Crippen molar-refractivity contribution in [1.82, 2.24) is 0 Å². The standard InChI is InChI=1S/C9H7BrClNS/c10-7-1-5-3-8(12)13-9(5)6(2-7)4-11/h1-3H,4,12H2. The fourth-order valence-corrected chi connectivity index (χ4v) is 3.04. The third-order valence-electron chi connectivity index (χ3n) is 1.82. The molecule has 0 radical (unpaired) electrons. The van der Waals surface area contributed by atoms with E-state index in [0.717, 1.165) is 20.4 Å². The van der Waals surface area contributed by atoms with Crippen LogP contribution in [0, 0.1) is 0 Å². The predicted octanol–water partition coefficient (Wildman–Crippen LogP) is 3.98. The minimum Gasteiger partial charge on any atom is -0.391 e. The average molecular weight is 277 g/mol. The largest absolute Gasteiger partial charge is 0.391 e. The molecule has 0 bridgehead atoms. The zero-order chi connectivity index (χ0) is 9.42. The Bertz CT molecular complexity index is 452. The first-order valence-corrected chi connectivity index (χ1v) is 5.88. The molecule has 1 aromatic carbocycles. The van der Waals surface area contributed by atoms with Crippen molar-refractivity contribution in [3.63, 3.8) is 0 Å². The summed E-state index contributed by atoms with van der Waals surface area (Å²) in [6.07, 6.45) is 0. The molecule has 68 valence electrons. The van der Waals surface area contributed by atoms with E-state index in [9.17, 15) is 0 Å². The van der Waals surface area contributed by atoms with Gasteiger partial charge >= 0.3 is 0 Å². The molecule has 0 aliphatic carbocycles. The van der Waals surface area contributed by atoms with Crippen molar-refractivity contribution >= 4 is 54.0 Å². The highest BCUT2D eigenvalue weighted by Gasteiger charge is 2.05. The van der Waals surface area contributed by atoms with Gasteiger partial charge in [0.05, 0.1) is 5.00 Å². The highest BCUT2D eigenvalue weighted by Crippen LogP contribution is 2.33. The van der Waals surface area contributed by atoms with Gasteiger partial charge in [-0.2, -0.15) is 0 Å². The van der Waals surface area contributed by atoms with Gasteiger partial charge in [0.25, 0.3) is 0 Å². The quantitative estimate of drug-likeness (QED) is 0.783. The van der Waals surface area contributed by atoms with Crippen LogP contribution < -0.4 is 5.73 Å². The van der Waals surface area contributed by atoms with Crippen molar-refractivity contribution in [3.8, 4) is 0 Å². The Morgan fingerprint density at radius 2 is 2.15 bits per heavy atom. The van der Waals surface area contributed by atoms with E-state index in [4.69, 9.17) is 17.3 Å². The zero-order valence-electron chi connectivity index (χ0n) is 6.68. The van der Waals surface area contributed by atoms with E-state index in [1.807, 2.05) is 12.1 Å². The molecule has 13 heavy (non-hydrogen) atoms.